The van der Waals surface area contributed by atoms with Gasteiger partial charge < -0.3 is 19.9 Å². The van der Waals surface area contributed by atoms with Gasteiger partial charge >= 0.3 is 0 Å². The van der Waals surface area contributed by atoms with Crippen LogP contribution in [0.5, 0.6) is 0 Å². The van der Waals surface area contributed by atoms with Gasteiger partial charge in [-0.1, -0.05) is 13.8 Å². The van der Waals surface area contributed by atoms with Crippen molar-refractivity contribution in [1.29, 1.82) is 0 Å². The molecular weight excluding hydrogens is 490 g/mol. The normalized spacial score (nSPS) is 21.8. The molecule has 0 radical (unpaired) electrons. The van der Waals surface area contributed by atoms with E-state index >= 15 is 0 Å². The minimum Gasteiger partial charge on any atom is -0.369 e. The molecule has 1 aromatic rings. The van der Waals surface area contributed by atoms with Crippen LogP contribution in [0, 0.1) is 11.8 Å². The molecule has 3 atom stereocenters. The summed E-state index contributed by atoms with van der Waals surface area (Å²) in [4.78, 5) is 42.1. The molecule has 0 spiro atoms. The average Bonchev–Trinajstić information content (AvgIpc) is 3.27. The highest BCUT2D eigenvalue weighted by Gasteiger charge is 2.44. The van der Waals surface area contributed by atoms with E-state index in [9.17, 15) is 23.2 Å². The molecule has 2 saturated heterocycles. The van der Waals surface area contributed by atoms with Gasteiger partial charge in [0.25, 0.3) is 11.8 Å². The van der Waals surface area contributed by atoms with Crippen LogP contribution in [0.15, 0.2) is 24.3 Å². The van der Waals surface area contributed by atoms with Crippen LogP contribution in [0.1, 0.15) is 37.6 Å². The van der Waals surface area contributed by atoms with Gasteiger partial charge in [-0.25, -0.2) is 8.78 Å². The van der Waals surface area contributed by atoms with Gasteiger partial charge in [-0.15, -0.1) is 0 Å². The second-order valence-corrected chi connectivity index (χ2v) is 11.0. The van der Waals surface area contributed by atoms with E-state index in [-0.39, 0.29) is 24.9 Å². The van der Waals surface area contributed by atoms with Crippen molar-refractivity contribution in [2.75, 3.05) is 51.3 Å². The molecule has 1 N–H and O–H groups in total. The Morgan fingerprint density at radius 1 is 1.11 bits per heavy atom. The summed E-state index contributed by atoms with van der Waals surface area (Å²) >= 11 is 0.862. The van der Waals surface area contributed by atoms with Crippen LogP contribution >= 0.6 is 11.9 Å². The Morgan fingerprint density at radius 2 is 1.75 bits per heavy atom. The van der Waals surface area contributed by atoms with Crippen molar-refractivity contribution in [3.05, 3.63) is 29.8 Å². The zero-order valence-corrected chi connectivity index (χ0v) is 22.1. The number of ether oxygens (including phenoxy) is 1. The third kappa shape index (κ3) is 7.63. The fourth-order valence-corrected chi connectivity index (χ4v) is 5.44. The lowest BCUT2D eigenvalue weighted by Crippen LogP contribution is -2.47. The van der Waals surface area contributed by atoms with Gasteiger partial charge in [-0.3, -0.25) is 18.7 Å². The molecule has 0 bridgehead atoms. The number of ketones is 1. The fraction of sp³-hybridized carbons (Fsp3) is 0.640. The molecule has 8 nitrogen and oxygen atoms in total. The zero-order chi connectivity index (χ0) is 26.4. The van der Waals surface area contributed by atoms with E-state index in [0.29, 0.717) is 12.0 Å². The molecule has 3 rings (SSSR count). The zero-order valence-electron chi connectivity index (χ0n) is 21.3. The third-order valence-corrected chi connectivity index (χ3v) is 7.56. The summed E-state index contributed by atoms with van der Waals surface area (Å²) < 4.78 is 33.8. The summed E-state index contributed by atoms with van der Waals surface area (Å²) in [6.07, 6.45) is -2.34. The molecule has 2 aliphatic rings. The number of nitrogens with zero attached hydrogens (tertiary/aromatic N) is 3. The van der Waals surface area contributed by atoms with Crippen LogP contribution in [0.3, 0.4) is 0 Å². The quantitative estimate of drug-likeness (QED) is 0.470. The van der Waals surface area contributed by atoms with E-state index in [2.05, 4.69) is 22.2 Å². The summed E-state index contributed by atoms with van der Waals surface area (Å²) in [5.74, 6) is -2.25. The number of benzene rings is 1. The van der Waals surface area contributed by atoms with Gasteiger partial charge in [0.2, 0.25) is 6.43 Å². The van der Waals surface area contributed by atoms with Crippen LogP contribution in [0.4, 0.5) is 14.5 Å². The van der Waals surface area contributed by atoms with Crippen LogP contribution in [-0.4, -0.2) is 91.1 Å². The van der Waals surface area contributed by atoms with Crippen LogP contribution in [0.25, 0.3) is 0 Å². The summed E-state index contributed by atoms with van der Waals surface area (Å²) in [5, 5.41) is 2.81. The molecule has 2 fully saturated rings. The Bertz CT molecular complexity index is 910. The minimum atomic E-state index is -2.70. The standard InChI is InChI=1S/C25H36F2N4O4S/c1-16(2)13-21(24(34)31-14-20(22(26)27)25(36-31)35-15-17(3)32)28-23(33)18-5-7-19(8-6-18)30-11-9-29(4)10-12-30/h5-8,16,20-22,25H,9-15H2,1-4H3,(H,28,33)/t20-,21-,25-/m0/s1. The molecular formula is C25H36F2N4O4S. The topological polar surface area (TPSA) is 82.2 Å². The predicted molar refractivity (Wildman–Crippen MR) is 136 cm³/mol. The highest BCUT2D eigenvalue weighted by Crippen LogP contribution is 2.38. The fourth-order valence-electron chi connectivity index (χ4n) is 4.21. The van der Waals surface area contributed by atoms with Gasteiger partial charge in [-0.05, 0) is 62.5 Å². The maximum Gasteiger partial charge on any atom is 0.255 e. The first-order valence-corrected chi connectivity index (χ1v) is 13.1. The Hall–Kier alpha value is -2.24. The van der Waals surface area contributed by atoms with Crippen molar-refractivity contribution in [3.63, 3.8) is 0 Å². The second kappa shape index (κ2) is 12.8. The molecule has 0 aliphatic carbocycles. The van der Waals surface area contributed by atoms with E-state index in [1.165, 1.54) is 11.2 Å². The lowest BCUT2D eigenvalue weighted by Gasteiger charge is -2.34. The van der Waals surface area contributed by atoms with Crippen LogP contribution in [0.2, 0.25) is 0 Å². The number of anilines is 1. The maximum atomic E-state index is 13.6. The summed E-state index contributed by atoms with van der Waals surface area (Å²) in [7, 11) is 2.09. The van der Waals surface area contributed by atoms with Crippen molar-refractivity contribution in [2.24, 2.45) is 11.8 Å². The highest BCUT2D eigenvalue weighted by molar-refractivity contribution is 7.98. The number of carbonyl (C=O) groups excluding carboxylic acids is 3. The first-order chi connectivity index (χ1) is 17.0. The number of nitrogens with one attached hydrogen (secondary N) is 1. The number of Topliss-reactive ketones (excluding diaryl/α,β-unsaturated/α-hetero) is 1. The number of rotatable bonds is 10. The third-order valence-electron chi connectivity index (χ3n) is 6.29. The smallest absolute Gasteiger partial charge is 0.255 e. The SMILES string of the molecule is CC(=O)CO[C@H]1SN(C(=O)[C@H](CC(C)C)NC(=O)c2ccc(N3CCN(C)CC3)cc2)C[C@H]1C(F)F. The Morgan fingerprint density at radius 3 is 2.31 bits per heavy atom. The summed E-state index contributed by atoms with van der Waals surface area (Å²) in [6.45, 7) is 8.43. The van der Waals surface area contributed by atoms with Crippen molar-refractivity contribution in [2.45, 2.75) is 45.1 Å². The number of alkyl halides is 2. The number of hydrogen-bond acceptors (Lipinski definition) is 7. The molecule has 200 valence electrons. The summed E-state index contributed by atoms with van der Waals surface area (Å²) in [6, 6.07) is 6.42. The first-order valence-electron chi connectivity index (χ1n) is 12.3. The molecule has 2 heterocycles. The minimum absolute atomic E-state index is 0.0853. The van der Waals surface area contributed by atoms with Crippen molar-refractivity contribution in [1.82, 2.24) is 14.5 Å². The molecule has 1 aromatic carbocycles. The predicted octanol–water partition coefficient (Wildman–Crippen LogP) is 2.89. The van der Waals surface area contributed by atoms with E-state index in [1.807, 2.05) is 26.0 Å². The van der Waals surface area contributed by atoms with E-state index in [1.54, 1.807) is 12.1 Å². The lowest BCUT2D eigenvalue weighted by molar-refractivity contribution is -0.129. The maximum absolute atomic E-state index is 13.6. The molecule has 0 saturated carbocycles. The molecule has 36 heavy (non-hydrogen) atoms. The van der Waals surface area contributed by atoms with Gasteiger partial charge in [-0.2, -0.15) is 0 Å². The molecule has 2 aliphatic heterocycles. The average molecular weight is 527 g/mol. The number of amides is 2. The van der Waals surface area contributed by atoms with Crippen molar-refractivity contribution >= 4 is 35.2 Å². The van der Waals surface area contributed by atoms with E-state index in [0.717, 1.165) is 43.8 Å². The summed E-state index contributed by atoms with van der Waals surface area (Å²) in [5.41, 5.74) is 0.463. The van der Waals surface area contributed by atoms with Crippen molar-refractivity contribution < 1.29 is 27.9 Å². The van der Waals surface area contributed by atoms with Gasteiger partial charge in [0.15, 0.2) is 5.78 Å². The van der Waals surface area contributed by atoms with Gasteiger partial charge in [0.05, 0.1) is 5.92 Å². The largest absolute Gasteiger partial charge is 0.369 e. The Balaban J connectivity index is 1.66. The number of likely N-dealkylation sites (N-methyl/N-ethyl adjacent to an activating group) is 1. The van der Waals surface area contributed by atoms with Gasteiger partial charge in [0.1, 0.15) is 18.1 Å². The number of carbonyl (C=O) groups is 3. The van der Waals surface area contributed by atoms with E-state index in [4.69, 9.17) is 4.74 Å². The monoisotopic (exact) mass is 526 g/mol. The Labute approximate surface area is 215 Å². The second-order valence-electron chi connectivity index (χ2n) is 9.88. The van der Waals surface area contributed by atoms with Crippen LogP contribution in [-0.2, 0) is 14.3 Å². The molecule has 2 amide bonds. The molecule has 0 unspecified atom stereocenters. The van der Waals surface area contributed by atoms with Crippen molar-refractivity contribution in [3.8, 4) is 0 Å². The Kier molecular flexibility index (Phi) is 10.1. The highest BCUT2D eigenvalue weighted by atomic mass is 32.2. The first kappa shape index (κ1) is 28.3. The molecule has 0 aromatic heterocycles. The van der Waals surface area contributed by atoms with Gasteiger partial charge in [0, 0.05) is 44.0 Å². The number of piperazine rings is 1. The molecule has 11 heteroatoms. The van der Waals surface area contributed by atoms with E-state index < -0.39 is 35.6 Å². The lowest BCUT2D eigenvalue weighted by atomic mass is 10.0. The number of hydrogen-bond donors (Lipinski definition) is 1. The van der Waals surface area contributed by atoms with Crippen LogP contribution < -0.4 is 10.2 Å². The number of halogens is 2.